The van der Waals surface area contributed by atoms with Crippen LogP contribution in [0.5, 0.6) is 0 Å². The molecular formula is C3H3N4. The molecule has 4 heteroatoms. The van der Waals surface area contributed by atoms with Crippen molar-refractivity contribution in [2.75, 3.05) is 0 Å². The van der Waals surface area contributed by atoms with Gasteiger partial charge in [0, 0.05) is 6.07 Å². The van der Waals surface area contributed by atoms with E-state index in [1.165, 1.54) is 6.20 Å². The van der Waals surface area contributed by atoms with E-state index >= 15 is 0 Å². The Morgan fingerprint density at radius 3 is 3.00 bits per heavy atom. The van der Waals surface area contributed by atoms with Crippen LogP contribution in [0.25, 0.3) is 0 Å². The third kappa shape index (κ3) is 0.623. The Morgan fingerprint density at radius 2 is 2.71 bits per heavy atom. The van der Waals surface area contributed by atoms with E-state index in [4.69, 9.17) is 5.53 Å². The fraction of sp³-hybridized carbons (Fsp3) is 0. The summed E-state index contributed by atoms with van der Waals surface area (Å²) in [6.45, 7) is 0. The quantitative estimate of drug-likeness (QED) is 0.500. The van der Waals surface area contributed by atoms with Gasteiger partial charge in [0.2, 0.25) is 0 Å². The van der Waals surface area contributed by atoms with E-state index in [9.17, 15) is 0 Å². The first kappa shape index (κ1) is 3.98. The summed E-state index contributed by atoms with van der Waals surface area (Å²) in [4.78, 5) is 0. The van der Waals surface area contributed by atoms with Crippen molar-refractivity contribution in [3.63, 3.8) is 0 Å². The Morgan fingerprint density at radius 1 is 1.86 bits per heavy atom. The van der Waals surface area contributed by atoms with Crippen molar-refractivity contribution in [1.82, 2.24) is 15.7 Å². The fourth-order valence-electron chi connectivity index (χ4n) is 0.304. The van der Waals surface area contributed by atoms with E-state index in [2.05, 4.69) is 15.3 Å². The molecule has 0 unspecified atom stereocenters. The number of hydrogen-bond donors (Lipinski definition) is 1. The molecule has 0 saturated heterocycles. The number of rotatable bonds is 1. The molecule has 7 heavy (non-hydrogen) atoms. The molecule has 0 aliphatic heterocycles. The van der Waals surface area contributed by atoms with Gasteiger partial charge in [-0.3, -0.25) is 5.10 Å². The Labute approximate surface area is 40.1 Å². The summed E-state index contributed by atoms with van der Waals surface area (Å²) in [6, 6.07) is 1.56. The van der Waals surface area contributed by atoms with Gasteiger partial charge >= 0.3 is 0 Å². The molecule has 1 heterocycles. The van der Waals surface area contributed by atoms with Crippen molar-refractivity contribution in [2.45, 2.75) is 0 Å². The molecule has 0 saturated carbocycles. The van der Waals surface area contributed by atoms with Crippen molar-refractivity contribution in [2.24, 2.45) is 5.11 Å². The van der Waals surface area contributed by atoms with Crippen LogP contribution in [0.2, 0.25) is 0 Å². The van der Waals surface area contributed by atoms with Gasteiger partial charge in [-0.1, -0.05) is 0 Å². The van der Waals surface area contributed by atoms with Crippen LogP contribution in [0.1, 0.15) is 0 Å². The molecule has 0 aliphatic carbocycles. The molecule has 0 aromatic carbocycles. The van der Waals surface area contributed by atoms with Gasteiger partial charge in [0.1, 0.15) is 0 Å². The molecule has 1 N–H and O–H groups in total. The molecule has 1 aromatic rings. The molecule has 4 nitrogen and oxygen atoms in total. The second-order valence-electron chi connectivity index (χ2n) is 1.04. The zero-order valence-corrected chi connectivity index (χ0v) is 3.50. The molecule has 0 bridgehead atoms. The minimum atomic E-state index is 0.375. The Hall–Kier alpha value is -1.19. The zero-order valence-electron chi connectivity index (χ0n) is 3.50. The lowest BCUT2D eigenvalue weighted by Crippen LogP contribution is -1.60. The van der Waals surface area contributed by atoms with E-state index in [1.54, 1.807) is 6.07 Å². The summed E-state index contributed by atoms with van der Waals surface area (Å²) >= 11 is 0. The monoisotopic (exact) mass is 95.0 g/mol. The molecule has 1 aromatic heterocycles. The number of aromatic nitrogens is 2. The maximum atomic E-state index is 7.98. The lowest BCUT2D eigenvalue weighted by Gasteiger charge is -1.68. The predicted molar refractivity (Wildman–Crippen MR) is 22.8 cm³/mol. The Balaban J connectivity index is 2.96. The zero-order chi connectivity index (χ0) is 5.11. The normalized spacial score (nSPS) is 8.57. The predicted octanol–water partition coefficient (Wildman–Crippen LogP) is 0.293. The number of nitrogens with one attached hydrogen (secondary N) is 1. The summed E-state index contributed by atoms with van der Waals surface area (Å²) in [5.41, 5.74) is 7.98. The van der Waals surface area contributed by atoms with E-state index in [-0.39, 0.29) is 0 Å². The van der Waals surface area contributed by atoms with Crippen molar-refractivity contribution in [3.8, 4) is 0 Å². The molecule has 0 atom stereocenters. The standard InChI is InChI=1S/C3H3N4/c4-6-3-1-2-5-7-3/h1-2H,(H,5,7). The largest absolute Gasteiger partial charge is 0.260 e. The first-order valence-corrected chi connectivity index (χ1v) is 1.78. The van der Waals surface area contributed by atoms with Crippen LogP contribution in [-0.4, -0.2) is 10.2 Å². The highest BCUT2D eigenvalue weighted by Crippen LogP contribution is 1.99. The maximum Gasteiger partial charge on any atom is 0.172 e. The summed E-state index contributed by atoms with van der Waals surface area (Å²) in [6.07, 6.45) is 1.51. The van der Waals surface area contributed by atoms with Crippen molar-refractivity contribution in [1.29, 1.82) is 0 Å². The van der Waals surface area contributed by atoms with Crippen LogP contribution in [0, 0.1) is 0 Å². The SMILES string of the molecule is [N]=Nc1ccn[nH]1. The summed E-state index contributed by atoms with van der Waals surface area (Å²) < 4.78 is 0. The molecule has 0 amide bonds. The second-order valence-corrected chi connectivity index (χ2v) is 1.04. The van der Waals surface area contributed by atoms with Gasteiger partial charge in [-0.25, -0.2) is 0 Å². The van der Waals surface area contributed by atoms with Crippen molar-refractivity contribution >= 4 is 5.82 Å². The highest BCUT2D eigenvalue weighted by Gasteiger charge is 1.81. The van der Waals surface area contributed by atoms with Crippen LogP contribution in [0.4, 0.5) is 5.82 Å². The highest BCUT2D eigenvalue weighted by molar-refractivity contribution is 5.20. The van der Waals surface area contributed by atoms with Crippen LogP contribution < -0.4 is 5.53 Å². The summed E-state index contributed by atoms with van der Waals surface area (Å²) in [5.74, 6) is 0.375. The lowest BCUT2D eigenvalue weighted by atomic mass is 10.7. The fourth-order valence-corrected chi connectivity index (χ4v) is 0.304. The summed E-state index contributed by atoms with van der Waals surface area (Å²) in [5, 5.41) is 8.75. The molecule has 0 aliphatic rings. The van der Waals surface area contributed by atoms with Gasteiger partial charge in [0.05, 0.1) is 6.20 Å². The number of aromatic amines is 1. The molecule has 35 valence electrons. The molecule has 0 fully saturated rings. The van der Waals surface area contributed by atoms with E-state index in [0.29, 0.717) is 5.82 Å². The average molecular weight is 95.1 g/mol. The maximum absolute atomic E-state index is 7.98. The molecular weight excluding hydrogens is 92.1 g/mol. The Kier molecular flexibility index (Phi) is 0.856. The smallest absolute Gasteiger partial charge is 0.172 e. The second kappa shape index (κ2) is 1.51. The van der Waals surface area contributed by atoms with Crippen molar-refractivity contribution in [3.05, 3.63) is 12.3 Å². The van der Waals surface area contributed by atoms with Gasteiger partial charge < -0.3 is 0 Å². The topological polar surface area (TPSA) is 63.3 Å². The van der Waals surface area contributed by atoms with Gasteiger partial charge in [-0.05, 0) is 5.53 Å². The van der Waals surface area contributed by atoms with Gasteiger partial charge in [0.15, 0.2) is 5.82 Å². The van der Waals surface area contributed by atoms with Crippen LogP contribution in [-0.2, 0) is 0 Å². The number of hydrogen-bond acceptors (Lipinski definition) is 2. The van der Waals surface area contributed by atoms with Crippen molar-refractivity contribution < 1.29 is 0 Å². The lowest BCUT2D eigenvalue weighted by molar-refractivity contribution is 1.06. The van der Waals surface area contributed by atoms with Crippen LogP contribution in [0.3, 0.4) is 0 Å². The van der Waals surface area contributed by atoms with Gasteiger partial charge in [-0.2, -0.15) is 5.10 Å². The number of nitrogens with zero attached hydrogens (tertiary/aromatic N) is 3. The van der Waals surface area contributed by atoms with E-state index in [0.717, 1.165) is 0 Å². The number of H-pyrrole nitrogens is 1. The molecule has 0 spiro atoms. The van der Waals surface area contributed by atoms with Crippen LogP contribution in [0.15, 0.2) is 17.4 Å². The van der Waals surface area contributed by atoms with Crippen LogP contribution >= 0.6 is 0 Å². The molecule has 1 radical (unpaired) electrons. The van der Waals surface area contributed by atoms with Gasteiger partial charge in [-0.15, -0.1) is 5.11 Å². The Bertz CT molecular complexity index is 142. The minimum Gasteiger partial charge on any atom is -0.260 e. The summed E-state index contributed by atoms with van der Waals surface area (Å²) in [7, 11) is 0. The van der Waals surface area contributed by atoms with E-state index in [1.807, 2.05) is 0 Å². The third-order valence-electron chi connectivity index (χ3n) is 0.594. The first-order chi connectivity index (χ1) is 3.43. The van der Waals surface area contributed by atoms with E-state index < -0.39 is 0 Å². The van der Waals surface area contributed by atoms with Gasteiger partial charge in [0.25, 0.3) is 0 Å². The molecule has 1 rings (SSSR count). The highest BCUT2D eigenvalue weighted by atomic mass is 15.2. The minimum absolute atomic E-state index is 0.375. The first-order valence-electron chi connectivity index (χ1n) is 1.78. The third-order valence-corrected chi connectivity index (χ3v) is 0.594. The average Bonchev–Trinajstić information content (AvgIpc) is 2.14.